The van der Waals surface area contributed by atoms with Crippen molar-refractivity contribution in [1.82, 2.24) is 5.32 Å². The molecule has 0 aliphatic carbocycles. The summed E-state index contributed by atoms with van der Waals surface area (Å²) in [5.74, 6) is -0.464. The number of rotatable bonds is 7. The zero-order chi connectivity index (χ0) is 11.9. The van der Waals surface area contributed by atoms with Crippen LogP contribution in [0.1, 0.15) is 12.8 Å². The molecule has 1 unspecified atom stereocenters. The molecule has 1 atom stereocenters. The van der Waals surface area contributed by atoms with Gasteiger partial charge in [0.2, 0.25) is 15.9 Å². The van der Waals surface area contributed by atoms with E-state index in [1.54, 1.807) is 6.08 Å². The fourth-order valence-corrected chi connectivity index (χ4v) is 1.45. The van der Waals surface area contributed by atoms with Gasteiger partial charge in [-0.25, -0.2) is 13.6 Å². The van der Waals surface area contributed by atoms with Gasteiger partial charge in [-0.3, -0.25) is 4.79 Å². The van der Waals surface area contributed by atoms with Gasteiger partial charge < -0.3 is 11.1 Å². The molecule has 15 heavy (non-hydrogen) atoms. The van der Waals surface area contributed by atoms with Gasteiger partial charge in [0, 0.05) is 6.54 Å². The lowest BCUT2D eigenvalue weighted by Crippen LogP contribution is -2.41. The van der Waals surface area contributed by atoms with Crippen molar-refractivity contribution < 1.29 is 13.2 Å². The highest BCUT2D eigenvalue weighted by atomic mass is 32.2. The van der Waals surface area contributed by atoms with Crippen molar-refractivity contribution >= 4 is 15.9 Å². The first-order valence-electron chi connectivity index (χ1n) is 4.51. The van der Waals surface area contributed by atoms with Gasteiger partial charge in [0.1, 0.15) is 0 Å². The molecule has 0 fully saturated rings. The lowest BCUT2D eigenvalue weighted by atomic mass is 10.2. The van der Waals surface area contributed by atoms with Crippen LogP contribution in [0.4, 0.5) is 0 Å². The van der Waals surface area contributed by atoms with E-state index in [2.05, 4.69) is 11.9 Å². The van der Waals surface area contributed by atoms with Crippen LogP contribution in [0.15, 0.2) is 12.7 Å². The van der Waals surface area contributed by atoms with Crippen LogP contribution in [0.25, 0.3) is 0 Å². The van der Waals surface area contributed by atoms with Crippen molar-refractivity contribution in [3.05, 3.63) is 12.7 Å². The molecule has 6 nitrogen and oxygen atoms in total. The van der Waals surface area contributed by atoms with E-state index in [0.717, 1.165) is 0 Å². The van der Waals surface area contributed by atoms with Gasteiger partial charge in [0.15, 0.2) is 0 Å². The highest BCUT2D eigenvalue weighted by Gasteiger charge is 2.10. The summed E-state index contributed by atoms with van der Waals surface area (Å²) in [6.45, 7) is 3.71. The molecule has 0 heterocycles. The van der Waals surface area contributed by atoms with Crippen molar-refractivity contribution in [3.8, 4) is 0 Å². The fraction of sp³-hybridized carbons (Fsp3) is 0.625. The molecule has 0 saturated heterocycles. The summed E-state index contributed by atoms with van der Waals surface area (Å²) in [7, 11) is -3.45. The molecule has 5 N–H and O–H groups in total. The Morgan fingerprint density at radius 1 is 1.53 bits per heavy atom. The lowest BCUT2D eigenvalue weighted by Gasteiger charge is -2.09. The molecule has 0 aromatic rings. The second kappa shape index (κ2) is 6.54. The molecule has 0 aromatic heterocycles. The van der Waals surface area contributed by atoms with Gasteiger partial charge in [-0.2, -0.15) is 0 Å². The summed E-state index contributed by atoms with van der Waals surface area (Å²) in [5.41, 5.74) is 5.47. The van der Waals surface area contributed by atoms with Crippen molar-refractivity contribution in [2.24, 2.45) is 10.9 Å². The smallest absolute Gasteiger partial charge is 0.237 e. The molecule has 88 valence electrons. The quantitative estimate of drug-likeness (QED) is 0.375. The SMILES string of the molecule is C=CCC(N)C(=O)NCCCS(N)(=O)=O. The van der Waals surface area contributed by atoms with Crippen molar-refractivity contribution in [2.75, 3.05) is 12.3 Å². The third kappa shape index (κ3) is 8.10. The number of hydrogen-bond acceptors (Lipinski definition) is 4. The van der Waals surface area contributed by atoms with E-state index in [1.807, 2.05) is 0 Å². The molecule has 0 rings (SSSR count). The summed E-state index contributed by atoms with van der Waals surface area (Å²) < 4.78 is 21.1. The van der Waals surface area contributed by atoms with Crippen LogP contribution in [0, 0.1) is 0 Å². The maximum atomic E-state index is 11.2. The second-order valence-corrected chi connectivity index (χ2v) is 4.88. The van der Waals surface area contributed by atoms with Gasteiger partial charge in [0.05, 0.1) is 11.8 Å². The zero-order valence-corrected chi connectivity index (χ0v) is 9.29. The zero-order valence-electron chi connectivity index (χ0n) is 8.48. The molecular weight excluding hydrogens is 218 g/mol. The number of carbonyl (C=O) groups is 1. The monoisotopic (exact) mass is 235 g/mol. The minimum Gasteiger partial charge on any atom is -0.355 e. The molecule has 0 aliphatic heterocycles. The summed E-state index contributed by atoms with van der Waals surface area (Å²) in [4.78, 5) is 11.2. The van der Waals surface area contributed by atoms with Crippen molar-refractivity contribution in [3.63, 3.8) is 0 Å². The number of nitrogens with one attached hydrogen (secondary N) is 1. The van der Waals surface area contributed by atoms with Crippen LogP contribution in [-0.2, 0) is 14.8 Å². The summed E-state index contributed by atoms with van der Waals surface area (Å²) in [6.07, 6.45) is 2.22. The molecule has 7 heteroatoms. The molecule has 1 amide bonds. The maximum Gasteiger partial charge on any atom is 0.237 e. The van der Waals surface area contributed by atoms with Gasteiger partial charge in [-0.1, -0.05) is 6.08 Å². The van der Waals surface area contributed by atoms with Gasteiger partial charge in [-0.15, -0.1) is 6.58 Å². The summed E-state index contributed by atoms with van der Waals surface area (Å²) >= 11 is 0. The molecule has 0 bridgehead atoms. The second-order valence-electron chi connectivity index (χ2n) is 3.14. The normalized spacial score (nSPS) is 13.2. The number of hydrogen-bond donors (Lipinski definition) is 3. The van der Waals surface area contributed by atoms with E-state index < -0.39 is 16.1 Å². The Hall–Kier alpha value is -0.920. The third-order valence-electron chi connectivity index (χ3n) is 1.66. The Labute approximate surface area is 89.8 Å². The molecule has 0 spiro atoms. The first-order chi connectivity index (χ1) is 6.87. The average molecular weight is 235 g/mol. The number of carbonyl (C=O) groups excluding carboxylic acids is 1. The molecule has 0 aliphatic rings. The first kappa shape index (κ1) is 14.1. The maximum absolute atomic E-state index is 11.2. The highest BCUT2D eigenvalue weighted by molar-refractivity contribution is 7.89. The Morgan fingerprint density at radius 2 is 2.13 bits per heavy atom. The Kier molecular flexibility index (Phi) is 6.14. The Balaban J connectivity index is 3.68. The number of sulfonamides is 1. The van der Waals surface area contributed by atoms with E-state index in [0.29, 0.717) is 6.42 Å². The van der Waals surface area contributed by atoms with E-state index in [9.17, 15) is 13.2 Å². The Bertz CT molecular complexity index is 313. The van der Waals surface area contributed by atoms with Crippen LogP contribution in [0.3, 0.4) is 0 Å². The van der Waals surface area contributed by atoms with Crippen molar-refractivity contribution in [2.45, 2.75) is 18.9 Å². The van der Waals surface area contributed by atoms with Gasteiger partial charge in [-0.05, 0) is 12.8 Å². The average Bonchev–Trinajstić information content (AvgIpc) is 2.11. The number of amides is 1. The van der Waals surface area contributed by atoms with E-state index in [4.69, 9.17) is 10.9 Å². The van der Waals surface area contributed by atoms with Crippen molar-refractivity contribution in [1.29, 1.82) is 0 Å². The minimum atomic E-state index is -3.45. The standard InChI is InChI=1S/C8H17N3O3S/c1-2-4-7(9)8(12)11-5-3-6-15(10,13)14/h2,7H,1,3-6,9H2,(H,11,12)(H2,10,13,14). The largest absolute Gasteiger partial charge is 0.355 e. The molecule has 0 aromatic carbocycles. The predicted molar refractivity (Wildman–Crippen MR) is 58.4 cm³/mol. The topological polar surface area (TPSA) is 115 Å². The predicted octanol–water partition coefficient (Wildman–Crippen LogP) is -1.32. The molecule has 0 saturated carbocycles. The van der Waals surface area contributed by atoms with Crippen LogP contribution < -0.4 is 16.2 Å². The van der Waals surface area contributed by atoms with E-state index >= 15 is 0 Å². The van der Waals surface area contributed by atoms with Crippen LogP contribution in [0.2, 0.25) is 0 Å². The van der Waals surface area contributed by atoms with Crippen LogP contribution in [0.5, 0.6) is 0 Å². The lowest BCUT2D eigenvalue weighted by molar-refractivity contribution is -0.122. The van der Waals surface area contributed by atoms with Crippen LogP contribution >= 0.6 is 0 Å². The molecule has 0 radical (unpaired) electrons. The summed E-state index contributed by atoms with van der Waals surface area (Å²) in [5, 5.41) is 7.29. The first-order valence-corrected chi connectivity index (χ1v) is 6.23. The van der Waals surface area contributed by atoms with Gasteiger partial charge in [0.25, 0.3) is 0 Å². The van der Waals surface area contributed by atoms with Gasteiger partial charge >= 0.3 is 0 Å². The minimum absolute atomic E-state index is 0.149. The summed E-state index contributed by atoms with van der Waals surface area (Å²) in [6, 6.07) is -0.628. The highest BCUT2D eigenvalue weighted by Crippen LogP contribution is 1.89. The Morgan fingerprint density at radius 3 is 2.60 bits per heavy atom. The molecular formula is C8H17N3O3S. The van der Waals surface area contributed by atoms with Crippen LogP contribution in [-0.4, -0.2) is 32.7 Å². The number of primary sulfonamides is 1. The third-order valence-corrected chi connectivity index (χ3v) is 2.52. The van der Waals surface area contributed by atoms with E-state index in [1.165, 1.54) is 0 Å². The fourth-order valence-electron chi connectivity index (χ4n) is 0.903. The van der Waals surface area contributed by atoms with E-state index in [-0.39, 0.29) is 24.6 Å². The number of nitrogens with two attached hydrogens (primary N) is 2.